The summed E-state index contributed by atoms with van der Waals surface area (Å²) in [6, 6.07) is 0.360. The number of aromatic nitrogens is 1. The summed E-state index contributed by atoms with van der Waals surface area (Å²) in [5.41, 5.74) is 2.93. The van der Waals surface area contributed by atoms with E-state index < -0.39 is 43.5 Å². The van der Waals surface area contributed by atoms with Gasteiger partial charge in [-0.25, -0.2) is 27.3 Å². The first-order chi connectivity index (χ1) is 7.64. The van der Waals surface area contributed by atoms with E-state index in [0.29, 0.717) is 6.07 Å². The van der Waals surface area contributed by atoms with Crippen LogP contribution in [0.5, 0.6) is 0 Å². The zero-order valence-corrected chi connectivity index (χ0v) is 8.82. The lowest BCUT2D eigenvalue weighted by Crippen LogP contribution is -2.17. The van der Waals surface area contributed by atoms with Crippen molar-refractivity contribution in [3.63, 3.8) is 0 Å². The molecule has 11 heteroatoms. The molecular formula is C6H6F2N4O4S. The molecule has 0 aliphatic carbocycles. The summed E-state index contributed by atoms with van der Waals surface area (Å²) in [7, 11) is -4.55. The SMILES string of the molecule is Nc1nc(C(F)F)c(S(N)(=O)=O)cc1[N+](=O)[O-]. The number of pyridine rings is 1. The normalized spacial score (nSPS) is 11.8. The second kappa shape index (κ2) is 4.18. The summed E-state index contributed by atoms with van der Waals surface area (Å²) >= 11 is 0. The second-order valence-electron chi connectivity index (χ2n) is 2.88. The number of hydrogen-bond donors (Lipinski definition) is 2. The third-order valence-corrected chi connectivity index (χ3v) is 2.67. The molecule has 0 amide bonds. The molecule has 0 unspecified atom stereocenters. The number of halogens is 2. The zero-order valence-electron chi connectivity index (χ0n) is 8.00. The topological polar surface area (TPSA) is 142 Å². The summed E-state index contributed by atoms with van der Waals surface area (Å²) in [6.07, 6.45) is -3.27. The van der Waals surface area contributed by atoms with Crippen LogP contribution in [-0.2, 0) is 10.0 Å². The number of alkyl halides is 2. The van der Waals surface area contributed by atoms with Gasteiger partial charge in [-0.3, -0.25) is 10.1 Å². The molecule has 0 spiro atoms. The molecule has 94 valence electrons. The van der Waals surface area contributed by atoms with Crippen molar-refractivity contribution in [2.75, 3.05) is 5.73 Å². The van der Waals surface area contributed by atoms with E-state index in [4.69, 9.17) is 5.73 Å². The first kappa shape index (κ1) is 13.2. The molecule has 4 N–H and O–H groups in total. The lowest BCUT2D eigenvalue weighted by Gasteiger charge is -2.07. The lowest BCUT2D eigenvalue weighted by molar-refractivity contribution is -0.384. The zero-order chi connectivity index (χ0) is 13.4. The van der Waals surface area contributed by atoms with E-state index in [1.807, 2.05) is 0 Å². The molecule has 0 aliphatic heterocycles. The maximum atomic E-state index is 12.5. The van der Waals surface area contributed by atoms with E-state index >= 15 is 0 Å². The minimum absolute atomic E-state index is 0.360. The van der Waals surface area contributed by atoms with Crippen LogP contribution in [0, 0.1) is 10.1 Å². The number of sulfonamides is 1. The van der Waals surface area contributed by atoms with Gasteiger partial charge in [-0.2, -0.15) is 0 Å². The molecule has 0 atom stereocenters. The van der Waals surface area contributed by atoms with Gasteiger partial charge < -0.3 is 5.73 Å². The van der Waals surface area contributed by atoms with Crippen molar-refractivity contribution >= 4 is 21.5 Å². The molecule has 0 radical (unpaired) electrons. The second-order valence-corrected chi connectivity index (χ2v) is 4.41. The minimum Gasteiger partial charge on any atom is -0.378 e. The molecule has 1 aromatic heterocycles. The fourth-order valence-corrected chi connectivity index (χ4v) is 1.75. The van der Waals surface area contributed by atoms with E-state index in [1.165, 1.54) is 0 Å². The molecule has 8 nitrogen and oxygen atoms in total. The number of nitrogens with two attached hydrogens (primary N) is 2. The smallest absolute Gasteiger partial charge is 0.312 e. The van der Waals surface area contributed by atoms with E-state index in [9.17, 15) is 27.3 Å². The molecule has 0 fully saturated rings. The van der Waals surface area contributed by atoms with E-state index in [2.05, 4.69) is 10.1 Å². The monoisotopic (exact) mass is 268 g/mol. The van der Waals surface area contributed by atoms with E-state index in [-0.39, 0.29) is 0 Å². The van der Waals surface area contributed by atoms with Crippen molar-refractivity contribution in [3.8, 4) is 0 Å². The van der Waals surface area contributed by atoms with Gasteiger partial charge in [0.1, 0.15) is 10.6 Å². The van der Waals surface area contributed by atoms with Gasteiger partial charge >= 0.3 is 5.69 Å². The number of rotatable bonds is 3. The summed E-state index contributed by atoms with van der Waals surface area (Å²) in [6.45, 7) is 0. The van der Waals surface area contributed by atoms with Gasteiger partial charge in [-0.15, -0.1) is 0 Å². The van der Waals surface area contributed by atoms with E-state index in [1.54, 1.807) is 0 Å². The van der Waals surface area contributed by atoms with Crippen LogP contribution in [0.1, 0.15) is 12.1 Å². The highest BCUT2D eigenvalue weighted by molar-refractivity contribution is 7.89. The van der Waals surface area contributed by atoms with Gasteiger partial charge in [0, 0.05) is 6.07 Å². The van der Waals surface area contributed by atoms with Crippen LogP contribution in [-0.4, -0.2) is 18.3 Å². The third-order valence-electron chi connectivity index (χ3n) is 1.73. The quantitative estimate of drug-likeness (QED) is 0.590. The Balaban J connectivity index is 3.66. The van der Waals surface area contributed by atoms with Crippen LogP contribution >= 0.6 is 0 Å². The Hall–Kier alpha value is -1.88. The van der Waals surface area contributed by atoms with Crippen molar-refractivity contribution in [2.45, 2.75) is 11.3 Å². The summed E-state index contributed by atoms with van der Waals surface area (Å²) in [4.78, 5) is 11.3. The highest BCUT2D eigenvalue weighted by Crippen LogP contribution is 2.30. The average Bonchev–Trinajstić information content (AvgIpc) is 2.14. The number of nitrogens with zero attached hydrogens (tertiary/aromatic N) is 2. The van der Waals surface area contributed by atoms with Crippen LogP contribution in [0.3, 0.4) is 0 Å². The molecule has 0 saturated carbocycles. The Morgan fingerprint density at radius 3 is 2.35 bits per heavy atom. The van der Waals surface area contributed by atoms with Crippen molar-refractivity contribution in [1.29, 1.82) is 0 Å². The molecule has 1 aromatic rings. The molecule has 0 bridgehead atoms. The van der Waals surface area contributed by atoms with Crippen LogP contribution in [0.2, 0.25) is 0 Å². The number of primary sulfonamides is 1. The number of nitrogen functional groups attached to an aromatic ring is 1. The minimum atomic E-state index is -4.55. The predicted molar refractivity (Wildman–Crippen MR) is 51.6 cm³/mol. The van der Waals surface area contributed by atoms with Crippen LogP contribution in [0.4, 0.5) is 20.3 Å². The standard InChI is InChI=1S/C6H6F2N4O4S/c7-5(8)4-3(17(10,15)16)1-2(12(13)14)6(9)11-4/h1,5H,(H2,9,11)(H2,10,15,16). The maximum Gasteiger partial charge on any atom is 0.312 e. The van der Waals surface area contributed by atoms with Gasteiger partial charge in [0.05, 0.1) is 4.92 Å². The molecule has 0 aromatic carbocycles. The number of anilines is 1. The largest absolute Gasteiger partial charge is 0.378 e. The third kappa shape index (κ3) is 2.62. The maximum absolute atomic E-state index is 12.5. The number of nitro groups is 1. The molecule has 0 saturated heterocycles. The van der Waals surface area contributed by atoms with Gasteiger partial charge in [-0.05, 0) is 0 Å². The highest BCUT2D eigenvalue weighted by Gasteiger charge is 2.28. The Bertz CT molecular complexity index is 574. The van der Waals surface area contributed by atoms with Gasteiger partial charge in [0.2, 0.25) is 15.8 Å². The van der Waals surface area contributed by atoms with Crippen molar-refractivity contribution in [2.24, 2.45) is 5.14 Å². The van der Waals surface area contributed by atoms with Gasteiger partial charge in [-0.1, -0.05) is 0 Å². The molecule has 17 heavy (non-hydrogen) atoms. The first-order valence-electron chi connectivity index (χ1n) is 3.90. The Kier molecular flexibility index (Phi) is 3.24. The molecular weight excluding hydrogens is 262 g/mol. The fourth-order valence-electron chi connectivity index (χ4n) is 1.04. The Labute approximate surface area is 93.4 Å². The number of hydrogen-bond acceptors (Lipinski definition) is 6. The van der Waals surface area contributed by atoms with Crippen molar-refractivity contribution < 1.29 is 22.1 Å². The van der Waals surface area contributed by atoms with Crippen LogP contribution in [0.15, 0.2) is 11.0 Å². The molecule has 0 aliphatic rings. The summed E-state index contributed by atoms with van der Waals surface area (Å²) in [5, 5.41) is 15.1. The predicted octanol–water partition coefficient (Wildman–Crippen LogP) is 0.157. The Morgan fingerprint density at radius 1 is 1.47 bits per heavy atom. The molecule has 1 heterocycles. The summed E-state index contributed by atoms with van der Waals surface area (Å²) < 4.78 is 46.9. The first-order valence-corrected chi connectivity index (χ1v) is 5.45. The molecule has 1 rings (SSSR count). The van der Waals surface area contributed by atoms with Gasteiger partial charge in [0.15, 0.2) is 0 Å². The van der Waals surface area contributed by atoms with E-state index in [0.717, 1.165) is 0 Å². The lowest BCUT2D eigenvalue weighted by atomic mass is 10.3. The van der Waals surface area contributed by atoms with Crippen molar-refractivity contribution in [1.82, 2.24) is 4.98 Å². The van der Waals surface area contributed by atoms with Crippen molar-refractivity contribution in [3.05, 3.63) is 21.9 Å². The fraction of sp³-hybridized carbons (Fsp3) is 0.167. The Morgan fingerprint density at radius 2 is 2.00 bits per heavy atom. The highest BCUT2D eigenvalue weighted by atomic mass is 32.2. The average molecular weight is 268 g/mol. The summed E-state index contributed by atoms with van der Waals surface area (Å²) in [5.74, 6) is -0.808. The van der Waals surface area contributed by atoms with Crippen LogP contribution < -0.4 is 10.9 Å². The van der Waals surface area contributed by atoms with Crippen LogP contribution in [0.25, 0.3) is 0 Å². The van der Waals surface area contributed by atoms with Gasteiger partial charge in [0.25, 0.3) is 6.43 Å².